The Morgan fingerprint density at radius 3 is 2.79 bits per heavy atom. The molecule has 1 aromatic heterocycles. The quantitative estimate of drug-likeness (QED) is 0.726. The molecule has 0 spiro atoms. The molecule has 3 aromatic rings. The third-order valence-electron chi connectivity index (χ3n) is 4.67. The van der Waals surface area contributed by atoms with Crippen molar-refractivity contribution < 1.29 is 14.3 Å². The molecule has 3 N–H and O–H groups in total. The van der Waals surface area contributed by atoms with Crippen molar-refractivity contribution in [3.05, 3.63) is 60.3 Å². The third kappa shape index (κ3) is 3.73. The molecule has 7 nitrogen and oxygen atoms in total. The van der Waals surface area contributed by atoms with Crippen molar-refractivity contribution in [2.75, 3.05) is 24.8 Å². The van der Waals surface area contributed by atoms with E-state index in [0.717, 1.165) is 28.3 Å². The molecule has 0 aliphatic carbocycles. The molecule has 1 aliphatic heterocycles. The Hall–Kier alpha value is -3.61. The first-order chi connectivity index (χ1) is 13.6. The van der Waals surface area contributed by atoms with E-state index < -0.39 is 0 Å². The number of carbonyl (C=O) groups excluding carboxylic acids is 1. The normalized spacial score (nSPS) is 15.2. The first-order valence-corrected chi connectivity index (χ1v) is 8.92. The van der Waals surface area contributed by atoms with Crippen LogP contribution in [0.25, 0.3) is 11.3 Å². The van der Waals surface area contributed by atoms with Gasteiger partial charge in [-0.15, -0.1) is 0 Å². The van der Waals surface area contributed by atoms with Crippen LogP contribution >= 0.6 is 0 Å². The van der Waals surface area contributed by atoms with Gasteiger partial charge in [0.15, 0.2) is 0 Å². The fraction of sp³-hybridized carbons (Fsp3) is 0.190. The molecule has 142 valence electrons. The van der Waals surface area contributed by atoms with E-state index in [2.05, 4.69) is 15.3 Å². The van der Waals surface area contributed by atoms with E-state index in [1.807, 2.05) is 42.5 Å². The number of aromatic nitrogens is 2. The second-order valence-electron chi connectivity index (χ2n) is 6.55. The van der Waals surface area contributed by atoms with Gasteiger partial charge in [-0.2, -0.15) is 0 Å². The number of nitrogen functional groups attached to an aromatic ring is 1. The van der Waals surface area contributed by atoms with Gasteiger partial charge in [0.25, 0.3) is 0 Å². The summed E-state index contributed by atoms with van der Waals surface area (Å²) in [6.07, 6.45) is 2.22. The Kier molecular flexibility index (Phi) is 4.80. The Bertz CT molecular complexity index is 1000. The number of fused-ring (bicyclic) bond motifs is 1. The van der Waals surface area contributed by atoms with Crippen LogP contribution in [0.5, 0.6) is 11.5 Å². The van der Waals surface area contributed by atoms with Gasteiger partial charge in [-0.05, 0) is 48.4 Å². The molecule has 0 fully saturated rings. The van der Waals surface area contributed by atoms with Crippen molar-refractivity contribution in [3.8, 4) is 22.8 Å². The molecule has 7 heteroatoms. The molecular weight excluding hydrogens is 356 g/mol. The van der Waals surface area contributed by atoms with Crippen molar-refractivity contribution in [1.82, 2.24) is 9.97 Å². The highest BCUT2D eigenvalue weighted by Gasteiger charge is 2.26. The number of methoxy groups -OCH3 is 1. The number of hydrogen-bond donors (Lipinski definition) is 2. The van der Waals surface area contributed by atoms with Gasteiger partial charge in [-0.25, -0.2) is 9.97 Å². The highest BCUT2D eigenvalue weighted by Crippen LogP contribution is 2.31. The lowest BCUT2D eigenvalue weighted by atomic mass is 9.95. The summed E-state index contributed by atoms with van der Waals surface area (Å²) in [5.74, 6) is 1.44. The summed E-state index contributed by atoms with van der Waals surface area (Å²) in [5.41, 5.74) is 8.95. The first-order valence-electron chi connectivity index (χ1n) is 8.92. The minimum Gasteiger partial charge on any atom is -0.497 e. The number of ether oxygens (including phenoxy) is 2. The highest BCUT2D eigenvalue weighted by atomic mass is 16.5. The Morgan fingerprint density at radius 1 is 1.21 bits per heavy atom. The van der Waals surface area contributed by atoms with Gasteiger partial charge in [-0.3, -0.25) is 4.79 Å². The summed E-state index contributed by atoms with van der Waals surface area (Å²) in [6, 6.07) is 14.9. The lowest BCUT2D eigenvalue weighted by Gasteiger charge is -2.25. The number of anilines is 2. The number of amides is 1. The van der Waals surface area contributed by atoms with E-state index in [-0.39, 0.29) is 17.8 Å². The molecule has 1 atom stereocenters. The summed E-state index contributed by atoms with van der Waals surface area (Å²) in [5, 5.41) is 2.95. The van der Waals surface area contributed by atoms with E-state index >= 15 is 0 Å². The second kappa shape index (κ2) is 7.56. The number of nitrogens with one attached hydrogen (secondary N) is 1. The zero-order chi connectivity index (χ0) is 19.5. The fourth-order valence-corrected chi connectivity index (χ4v) is 3.17. The van der Waals surface area contributed by atoms with Gasteiger partial charge in [0.1, 0.15) is 18.1 Å². The molecule has 2 aromatic carbocycles. The zero-order valence-corrected chi connectivity index (χ0v) is 15.4. The predicted octanol–water partition coefficient (Wildman–Crippen LogP) is 2.92. The van der Waals surface area contributed by atoms with Crippen molar-refractivity contribution in [1.29, 1.82) is 0 Å². The van der Waals surface area contributed by atoms with Crippen LogP contribution < -0.4 is 20.5 Å². The first kappa shape index (κ1) is 17.8. The molecule has 0 radical (unpaired) electrons. The van der Waals surface area contributed by atoms with E-state index in [1.54, 1.807) is 19.4 Å². The van der Waals surface area contributed by atoms with E-state index in [0.29, 0.717) is 18.7 Å². The number of rotatable bonds is 4. The Morgan fingerprint density at radius 2 is 2.04 bits per heavy atom. The van der Waals surface area contributed by atoms with Gasteiger partial charge in [-0.1, -0.05) is 12.1 Å². The molecule has 0 bridgehead atoms. The second-order valence-corrected chi connectivity index (χ2v) is 6.55. The Labute approximate surface area is 162 Å². The van der Waals surface area contributed by atoms with Gasteiger partial charge in [0.2, 0.25) is 11.9 Å². The van der Waals surface area contributed by atoms with Crippen LogP contribution in [0.4, 0.5) is 11.6 Å². The van der Waals surface area contributed by atoms with Crippen LogP contribution in [0, 0.1) is 5.92 Å². The molecule has 4 rings (SSSR count). The lowest BCUT2D eigenvalue weighted by Crippen LogP contribution is -2.32. The molecule has 1 unspecified atom stereocenters. The molecule has 28 heavy (non-hydrogen) atoms. The zero-order valence-electron chi connectivity index (χ0n) is 15.4. The van der Waals surface area contributed by atoms with Gasteiger partial charge >= 0.3 is 0 Å². The maximum Gasteiger partial charge on any atom is 0.231 e. The van der Waals surface area contributed by atoms with Crippen molar-refractivity contribution in [2.45, 2.75) is 6.42 Å². The monoisotopic (exact) mass is 376 g/mol. The number of carbonyl (C=O) groups is 1. The maximum absolute atomic E-state index is 12.7. The average Bonchev–Trinajstić information content (AvgIpc) is 2.73. The standard InChI is InChI=1S/C21H20N4O3/c1-27-17-6-7-19-14(11-17)10-15(12-28-19)20(26)24-16-4-2-13(3-5-16)18-8-9-23-21(22)25-18/h2-9,11,15H,10,12H2,1H3,(H,24,26)(H2,22,23,25). The van der Waals surface area contributed by atoms with Gasteiger partial charge < -0.3 is 20.5 Å². The SMILES string of the molecule is COc1ccc2c(c1)CC(C(=O)Nc1ccc(-c3ccnc(N)n3)cc1)CO2. The predicted molar refractivity (Wildman–Crippen MR) is 106 cm³/mol. The van der Waals surface area contributed by atoms with Crippen molar-refractivity contribution in [3.63, 3.8) is 0 Å². The van der Waals surface area contributed by atoms with E-state index in [4.69, 9.17) is 15.2 Å². The lowest BCUT2D eigenvalue weighted by molar-refractivity contribution is -0.121. The minimum absolute atomic E-state index is 0.0764. The molecule has 1 aliphatic rings. The highest BCUT2D eigenvalue weighted by molar-refractivity contribution is 5.93. The summed E-state index contributed by atoms with van der Waals surface area (Å²) < 4.78 is 11.0. The molecule has 0 saturated heterocycles. The van der Waals surface area contributed by atoms with Crippen LogP contribution in [-0.2, 0) is 11.2 Å². The van der Waals surface area contributed by atoms with Crippen molar-refractivity contribution >= 4 is 17.5 Å². The molecule has 2 heterocycles. The summed E-state index contributed by atoms with van der Waals surface area (Å²) in [6.45, 7) is 0.351. The average molecular weight is 376 g/mol. The van der Waals surface area contributed by atoms with Gasteiger partial charge in [0, 0.05) is 17.4 Å². The molecule has 0 saturated carbocycles. The number of hydrogen-bond acceptors (Lipinski definition) is 6. The van der Waals surface area contributed by atoms with Crippen molar-refractivity contribution in [2.24, 2.45) is 5.92 Å². The summed E-state index contributed by atoms with van der Waals surface area (Å²) in [4.78, 5) is 20.8. The maximum atomic E-state index is 12.7. The van der Waals surface area contributed by atoms with E-state index in [1.165, 1.54) is 0 Å². The van der Waals surface area contributed by atoms with Crippen LogP contribution in [0.1, 0.15) is 5.56 Å². The van der Waals surface area contributed by atoms with Crippen LogP contribution in [-0.4, -0.2) is 29.6 Å². The van der Waals surface area contributed by atoms with Crippen LogP contribution in [0.15, 0.2) is 54.7 Å². The number of nitrogens with zero attached hydrogens (tertiary/aromatic N) is 2. The van der Waals surface area contributed by atoms with Gasteiger partial charge in [0.05, 0.1) is 18.7 Å². The number of nitrogens with two attached hydrogens (primary N) is 1. The summed E-state index contributed by atoms with van der Waals surface area (Å²) >= 11 is 0. The Balaban J connectivity index is 1.43. The summed E-state index contributed by atoms with van der Waals surface area (Å²) in [7, 11) is 1.62. The fourth-order valence-electron chi connectivity index (χ4n) is 3.17. The minimum atomic E-state index is -0.263. The molecular formula is C21H20N4O3. The smallest absolute Gasteiger partial charge is 0.231 e. The molecule has 1 amide bonds. The van der Waals surface area contributed by atoms with E-state index in [9.17, 15) is 4.79 Å². The van der Waals surface area contributed by atoms with Crippen LogP contribution in [0.2, 0.25) is 0 Å². The third-order valence-corrected chi connectivity index (χ3v) is 4.67. The number of benzene rings is 2. The topological polar surface area (TPSA) is 99.4 Å². The largest absolute Gasteiger partial charge is 0.497 e. The van der Waals surface area contributed by atoms with Crippen LogP contribution in [0.3, 0.4) is 0 Å².